The number of hydrogen-bond acceptors (Lipinski definition) is 4. The van der Waals surface area contributed by atoms with Crippen LogP contribution in [0, 0.1) is 0 Å². The van der Waals surface area contributed by atoms with Crippen LogP contribution in [-0.2, 0) is 31.4 Å². The second kappa shape index (κ2) is 8.57. The molecule has 146 valence electrons. The first kappa shape index (κ1) is 19.4. The number of aliphatic imine (C=N–C) groups is 1. The third-order valence-corrected chi connectivity index (χ3v) is 5.22. The quantitative estimate of drug-likeness (QED) is 0.516. The highest BCUT2D eigenvalue weighted by atomic mass is 16.5. The van der Waals surface area contributed by atoms with Crippen LogP contribution in [0.1, 0.15) is 55.3 Å². The van der Waals surface area contributed by atoms with Gasteiger partial charge >= 0.3 is 0 Å². The fourth-order valence-corrected chi connectivity index (χ4v) is 3.70. The summed E-state index contributed by atoms with van der Waals surface area (Å²) in [5.41, 5.74) is 3.44. The molecule has 1 heterocycles. The lowest BCUT2D eigenvalue weighted by molar-refractivity contribution is 0.0432. The van der Waals surface area contributed by atoms with Gasteiger partial charge in [0.15, 0.2) is 5.96 Å². The van der Waals surface area contributed by atoms with Crippen molar-refractivity contribution in [2.24, 2.45) is 4.99 Å². The van der Waals surface area contributed by atoms with Gasteiger partial charge in [-0.15, -0.1) is 0 Å². The molecule has 3 N–H and O–H groups in total. The SMILES string of the molecule is CCNC(=NCc1c(CC)noc1CC)NCC1(O)CCc2ccccc21. The lowest BCUT2D eigenvalue weighted by Crippen LogP contribution is -2.45. The number of aromatic nitrogens is 1. The van der Waals surface area contributed by atoms with Crippen molar-refractivity contribution in [3.05, 3.63) is 52.4 Å². The molecule has 6 heteroatoms. The third-order valence-electron chi connectivity index (χ3n) is 5.22. The monoisotopic (exact) mass is 370 g/mol. The molecule has 1 aliphatic carbocycles. The molecule has 1 atom stereocenters. The van der Waals surface area contributed by atoms with Crippen LogP contribution in [0.15, 0.2) is 33.8 Å². The molecule has 2 aromatic rings. The van der Waals surface area contributed by atoms with E-state index in [0.29, 0.717) is 19.0 Å². The maximum absolute atomic E-state index is 11.1. The highest BCUT2D eigenvalue weighted by molar-refractivity contribution is 5.79. The third kappa shape index (κ3) is 4.16. The lowest BCUT2D eigenvalue weighted by Gasteiger charge is -2.25. The second-order valence-corrected chi connectivity index (χ2v) is 6.98. The van der Waals surface area contributed by atoms with E-state index in [9.17, 15) is 5.11 Å². The molecule has 1 aliphatic rings. The molecule has 0 aliphatic heterocycles. The van der Waals surface area contributed by atoms with Crippen LogP contribution in [0.3, 0.4) is 0 Å². The van der Waals surface area contributed by atoms with Crippen molar-refractivity contribution in [1.29, 1.82) is 0 Å². The molecule has 27 heavy (non-hydrogen) atoms. The maximum atomic E-state index is 11.1. The van der Waals surface area contributed by atoms with Gasteiger partial charge < -0.3 is 20.3 Å². The summed E-state index contributed by atoms with van der Waals surface area (Å²) in [6.45, 7) is 7.86. The van der Waals surface area contributed by atoms with Gasteiger partial charge in [0.2, 0.25) is 0 Å². The van der Waals surface area contributed by atoms with Crippen molar-refractivity contribution in [1.82, 2.24) is 15.8 Å². The van der Waals surface area contributed by atoms with Crippen LogP contribution in [-0.4, -0.2) is 29.3 Å². The molecule has 0 amide bonds. The zero-order valence-electron chi connectivity index (χ0n) is 16.5. The minimum atomic E-state index is -0.854. The van der Waals surface area contributed by atoms with E-state index in [0.717, 1.165) is 54.8 Å². The Morgan fingerprint density at radius 1 is 1.22 bits per heavy atom. The molecule has 3 rings (SSSR count). The van der Waals surface area contributed by atoms with Crippen molar-refractivity contribution < 1.29 is 9.63 Å². The zero-order valence-corrected chi connectivity index (χ0v) is 16.5. The Morgan fingerprint density at radius 3 is 2.78 bits per heavy atom. The molecular formula is C21H30N4O2. The Bertz CT molecular complexity index is 778. The van der Waals surface area contributed by atoms with Crippen LogP contribution < -0.4 is 10.6 Å². The summed E-state index contributed by atoms with van der Waals surface area (Å²) in [5.74, 6) is 1.59. The number of guanidine groups is 1. The lowest BCUT2D eigenvalue weighted by atomic mass is 9.96. The van der Waals surface area contributed by atoms with E-state index in [1.165, 1.54) is 5.56 Å². The summed E-state index contributed by atoms with van der Waals surface area (Å²) >= 11 is 0. The van der Waals surface area contributed by atoms with Crippen molar-refractivity contribution in [3.63, 3.8) is 0 Å². The molecule has 0 saturated heterocycles. The number of hydrogen-bond donors (Lipinski definition) is 3. The normalized spacial score (nSPS) is 19.2. The Labute approximate surface area is 161 Å². The number of nitrogens with one attached hydrogen (secondary N) is 2. The van der Waals surface area contributed by atoms with Crippen molar-refractivity contribution in [2.45, 2.75) is 58.6 Å². The van der Waals surface area contributed by atoms with E-state index in [-0.39, 0.29) is 0 Å². The minimum absolute atomic E-state index is 0.431. The van der Waals surface area contributed by atoms with Gasteiger partial charge in [0.05, 0.1) is 18.8 Å². The predicted octanol–water partition coefficient (Wildman–Crippen LogP) is 2.69. The van der Waals surface area contributed by atoms with Crippen LogP contribution in [0.5, 0.6) is 0 Å². The molecule has 1 aromatic carbocycles. The van der Waals surface area contributed by atoms with E-state index in [1.54, 1.807) is 0 Å². The minimum Gasteiger partial charge on any atom is -0.383 e. The smallest absolute Gasteiger partial charge is 0.191 e. The second-order valence-electron chi connectivity index (χ2n) is 6.98. The first-order chi connectivity index (χ1) is 13.1. The van der Waals surface area contributed by atoms with Gasteiger partial charge in [-0.25, -0.2) is 4.99 Å². The average Bonchev–Trinajstić information content (AvgIpc) is 3.25. The average molecular weight is 370 g/mol. The summed E-state index contributed by atoms with van der Waals surface area (Å²) in [5, 5.41) is 21.8. The van der Waals surface area contributed by atoms with Crippen LogP contribution in [0.25, 0.3) is 0 Å². The van der Waals surface area contributed by atoms with Gasteiger partial charge in [0, 0.05) is 18.5 Å². The summed E-state index contributed by atoms with van der Waals surface area (Å²) < 4.78 is 5.42. The Balaban J connectivity index is 1.71. The fourth-order valence-electron chi connectivity index (χ4n) is 3.70. The molecule has 6 nitrogen and oxygen atoms in total. The van der Waals surface area contributed by atoms with Crippen LogP contribution in [0.2, 0.25) is 0 Å². The van der Waals surface area contributed by atoms with Crippen molar-refractivity contribution in [2.75, 3.05) is 13.1 Å². The van der Waals surface area contributed by atoms with Crippen LogP contribution >= 0.6 is 0 Å². The van der Waals surface area contributed by atoms with Gasteiger partial charge in [0.25, 0.3) is 0 Å². The first-order valence-corrected chi connectivity index (χ1v) is 9.90. The van der Waals surface area contributed by atoms with E-state index in [1.807, 2.05) is 25.1 Å². The summed E-state index contributed by atoms with van der Waals surface area (Å²) in [4.78, 5) is 4.70. The Morgan fingerprint density at radius 2 is 2.04 bits per heavy atom. The number of fused-ring (bicyclic) bond motifs is 1. The Kier molecular flexibility index (Phi) is 6.16. The molecule has 1 unspecified atom stereocenters. The summed E-state index contributed by atoms with van der Waals surface area (Å²) in [6.07, 6.45) is 3.26. The molecule has 0 bridgehead atoms. The summed E-state index contributed by atoms with van der Waals surface area (Å²) in [6, 6.07) is 8.13. The number of nitrogens with zero attached hydrogens (tertiary/aromatic N) is 2. The number of aliphatic hydroxyl groups is 1. The van der Waals surface area contributed by atoms with Crippen molar-refractivity contribution in [3.8, 4) is 0 Å². The first-order valence-electron chi connectivity index (χ1n) is 9.90. The number of aryl methyl sites for hydroxylation is 3. The van der Waals surface area contributed by atoms with E-state index in [2.05, 4.69) is 35.7 Å². The molecule has 0 saturated carbocycles. The largest absolute Gasteiger partial charge is 0.383 e. The number of benzene rings is 1. The molecule has 0 radical (unpaired) electrons. The van der Waals surface area contributed by atoms with Gasteiger partial charge in [0.1, 0.15) is 11.4 Å². The van der Waals surface area contributed by atoms with E-state index < -0.39 is 5.60 Å². The Hall–Kier alpha value is -2.34. The topological polar surface area (TPSA) is 82.7 Å². The van der Waals surface area contributed by atoms with Gasteiger partial charge in [-0.3, -0.25) is 0 Å². The molecule has 0 spiro atoms. The van der Waals surface area contributed by atoms with E-state index >= 15 is 0 Å². The standard InChI is InChI=1S/C21H30N4O2/c1-4-18-16(19(5-2)27-25-18)13-23-20(22-6-3)24-14-21(26)12-11-15-9-7-8-10-17(15)21/h7-10,26H,4-6,11-14H2,1-3H3,(H2,22,23,24). The zero-order chi connectivity index (χ0) is 19.3. The van der Waals surface area contributed by atoms with Gasteiger partial charge in [-0.2, -0.15) is 0 Å². The van der Waals surface area contributed by atoms with Gasteiger partial charge in [-0.1, -0.05) is 43.3 Å². The highest BCUT2D eigenvalue weighted by Gasteiger charge is 2.36. The summed E-state index contributed by atoms with van der Waals surface area (Å²) in [7, 11) is 0. The molecule has 1 aromatic heterocycles. The molecular weight excluding hydrogens is 340 g/mol. The maximum Gasteiger partial charge on any atom is 0.191 e. The van der Waals surface area contributed by atoms with Crippen LogP contribution in [0.4, 0.5) is 0 Å². The van der Waals surface area contributed by atoms with Crippen molar-refractivity contribution >= 4 is 5.96 Å². The molecule has 0 fully saturated rings. The predicted molar refractivity (Wildman–Crippen MR) is 107 cm³/mol. The highest BCUT2D eigenvalue weighted by Crippen LogP contribution is 2.36. The fraction of sp³-hybridized carbons (Fsp3) is 0.524. The van der Waals surface area contributed by atoms with Gasteiger partial charge in [-0.05, 0) is 37.3 Å². The van der Waals surface area contributed by atoms with E-state index in [4.69, 9.17) is 9.52 Å². The number of rotatable bonds is 7.